The quantitative estimate of drug-likeness (QED) is 0.414. The first-order valence-corrected chi connectivity index (χ1v) is 10.9. The van der Waals surface area contributed by atoms with Crippen LogP contribution in [0.1, 0.15) is 24.8 Å². The number of aliphatic hydroxyl groups excluding tert-OH is 2. The molecule has 0 unspecified atom stereocenters. The fourth-order valence-electron chi connectivity index (χ4n) is 4.32. The number of hydrogen-bond donors (Lipinski definition) is 3. The van der Waals surface area contributed by atoms with E-state index in [1.54, 1.807) is 12.1 Å². The number of benzene rings is 1. The summed E-state index contributed by atoms with van der Waals surface area (Å²) in [5.74, 6) is -0.527. The van der Waals surface area contributed by atoms with Gasteiger partial charge in [0.25, 0.3) is 0 Å². The Balaban J connectivity index is 1.96. The van der Waals surface area contributed by atoms with E-state index in [9.17, 15) is 14.7 Å². The zero-order chi connectivity index (χ0) is 23.1. The van der Waals surface area contributed by atoms with Crippen molar-refractivity contribution in [1.29, 1.82) is 0 Å². The first-order chi connectivity index (χ1) is 15.5. The summed E-state index contributed by atoms with van der Waals surface area (Å²) in [5, 5.41) is 23.1. The molecule has 4 atom stereocenters. The molecular formula is C23H32N2O7. The molecule has 1 aliphatic heterocycles. The van der Waals surface area contributed by atoms with Gasteiger partial charge in [0.2, 0.25) is 11.8 Å². The van der Waals surface area contributed by atoms with Crippen LogP contribution in [-0.4, -0.2) is 91.8 Å². The number of carbonyl (C=O) groups is 2. The van der Waals surface area contributed by atoms with E-state index in [4.69, 9.17) is 19.3 Å². The molecule has 0 fully saturated rings. The summed E-state index contributed by atoms with van der Waals surface area (Å²) in [6.45, 7) is 3.03. The monoisotopic (exact) mass is 448 g/mol. The lowest BCUT2D eigenvalue weighted by Gasteiger charge is -2.40. The predicted octanol–water partition coefficient (Wildman–Crippen LogP) is 0.211. The van der Waals surface area contributed by atoms with Crippen LogP contribution in [0.4, 0.5) is 0 Å². The van der Waals surface area contributed by atoms with Crippen LogP contribution in [0.15, 0.2) is 35.9 Å². The summed E-state index contributed by atoms with van der Waals surface area (Å²) in [6.07, 6.45) is 0.455. The number of nitrogens with zero attached hydrogens (tertiary/aromatic N) is 1. The van der Waals surface area contributed by atoms with Crippen molar-refractivity contribution in [2.75, 3.05) is 46.6 Å². The molecule has 3 rings (SSSR count). The van der Waals surface area contributed by atoms with Gasteiger partial charge in [0.1, 0.15) is 24.6 Å². The van der Waals surface area contributed by atoms with Gasteiger partial charge < -0.3 is 34.6 Å². The topological polar surface area (TPSA) is 118 Å². The minimum atomic E-state index is -1.05. The van der Waals surface area contributed by atoms with Crippen LogP contribution in [0.25, 0.3) is 0 Å². The molecule has 1 heterocycles. The maximum Gasteiger partial charge on any atom is 0.249 e. The van der Waals surface area contributed by atoms with Crippen LogP contribution in [-0.2, 0) is 19.1 Å². The normalized spacial score (nSPS) is 23.6. The van der Waals surface area contributed by atoms with E-state index < -0.39 is 24.2 Å². The van der Waals surface area contributed by atoms with E-state index in [2.05, 4.69) is 5.32 Å². The molecule has 9 nitrogen and oxygen atoms in total. The predicted molar refractivity (Wildman–Crippen MR) is 116 cm³/mol. The number of fused-ring (bicyclic) bond motifs is 3. The average molecular weight is 449 g/mol. The highest BCUT2D eigenvalue weighted by atomic mass is 16.5. The molecule has 0 radical (unpaired) electrons. The Hall–Kier alpha value is -2.46. The Morgan fingerprint density at radius 3 is 2.78 bits per heavy atom. The van der Waals surface area contributed by atoms with E-state index in [0.717, 1.165) is 5.56 Å². The van der Waals surface area contributed by atoms with E-state index in [-0.39, 0.29) is 31.6 Å². The van der Waals surface area contributed by atoms with Crippen molar-refractivity contribution in [3.8, 4) is 5.75 Å². The smallest absolute Gasteiger partial charge is 0.249 e. The highest BCUT2D eigenvalue weighted by molar-refractivity contribution is 5.96. The number of hydrogen-bond acceptors (Lipinski definition) is 7. The molecule has 0 spiro atoms. The van der Waals surface area contributed by atoms with Gasteiger partial charge in [0, 0.05) is 44.5 Å². The van der Waals surface area contributed by atoms with Gasteiger partial charge in [-0.15, -0.1) is 0 Å². The van der Waals surface area contributed by atoms with Crippen LogP contribution in [0.3, 0.4) is 0 Å². The molecule has 9 heteroatoms. The van der Waals surface area contributed by atoms with Gasteiger partial charge in [0.15, 0.2) is 0 Å². The van der Waals surface area contributed by atoms with Gasteiger partial charge >= 0.3 is 0 Å². The van der Waals surface area contributed by atoms with Gasteiger partial charge in [-0.25, -0.2) is 0 Å². The van der Waals surface area contributed by atoms with Crippen LogP contribution < -0.4 is 10.1 Å². The second-order valence-corrected chi connectivity index (χ2v) is 7.75. The van der Waals surface area contributed by atoms with Gasteiger partial charge in [-0.1, -0.05) is 18.2 Å². The summed E-state index contributed by atoms with van der Waals surface area (Å²) < 4.78 is 16.5. The van der Waals surface area contributed by atoms with Crippen LogP contribution >= 0.6 is 0 Å². The number of para-hydroxylation sites is 1. The largest absolute Gasteiger partial charge is 0.486 e. The van der Waals surface area contributed by atoms with Crippen molar-refractivity contribution >= 4 is 11.8 Å². The summed E-state index contributed by atoms with van der Waals surface area (Å²) >= 11 is 0. The van der Waals surface area contributed by atoms with Gasteiger partial charge in [0.05, 0.1) is 18.6 Å². The number of carbonyl (C=O) groups excluding carboxylic acids is 2. The number of rotatable bonds is 11. The molecule has 176 valence electrons. The third kappa shape index (κ3) is 5.12. The van der Waals surface area contributed by atoms with Crippen molar-refractivity contribution in [3.63, 3.8) is 0 Å². The number of aliphatic hydroxyl groups is 2. The third-order valence-electron chi connectivity index (χ3n) is 5.72. The highest BCUT2D eigenvalue weighted by Crippen LogP contribution is 2.47. The molecule has 0 bridgehead atoms. The summed E-state index contributed by atoms with van der Waals surface area (Å²) in [6, 6.07) is 6.58. The molecule has 2 aliphatic rings. The Morgan fingerprint density at radius 2 is 2.06 bits per heavy atom. The lowest BCUT2D eigenvalue weighted by molar-refractivity contribution is -0.141. The first-order valence-electron chi connectivity index (χ1n) is 10.9. The van der Waals surface area contributed by atoms with Gasteiger partial charge in [-0.2, -0.15) is 0 Å². The molecule has 1 aromatic rings. The number of ether oxygens (including phenoxy) is 3. The molecular weight excluding hydrogens is 416 g/mol. The highest BCUT2D eigenvalue weighted by Gasteiger charge is 2.50. The lowest BCUT2D eigenvalue weighted by Crippen LogP contribution is -2.56. The van der Waals surface area contributed by atoms with Gasteiger partial charge in [-0.3, -0.25) is 9.59 Å². The van der Waals surface area contributed by atoms with E-state index >= 15 is 0 Å². The molecule has 0 saturated carbocycles. The molecule has 1 aromatic carbocycles. The maximum absolute atomic E-state index is 13.0. The van der Waals surface area contributed by atoms with E-state index in [1.807, 2.05) is 25.1 Å². The van der Waals surface area contributed by atoms with Crippen molar-refractivity contribution in [1.82, 2.24) is 10.2 Å². The molecule has 0 saturated heterocycles. The Morgan fingerprint density at radius 1 is 1.28 bits per heavy atom. The van der Waals surface area contributed by atoms with Gasteiger partial charge in [-0.05, 0) is 25.5 Å². The van der Waals surface area contributed by atoms with E-state index in [0.29, 0.717) is 37.5 Å². The minimum Gasteiger partial charge on any atom is -0.486 e. The molecule has 2 amide bonds. The van der Waals surface area contributed by atoms with Crippen LogP contribution in [0.2, 0.25) is 0 Å². The Bertz CT molecular complexity index is 828. The summed E-state index contributed by atoms with van der Waals surface area (Å²) in [5.41, 5.74) is 1.22. The standard InChI is InChI=1S/C23H32N2O7/c1-3-31-12-6-10-25(19(27)14-30-2)17-13-16(23(29)24-9-11-26)20-15-7-4-5-8-18(15)32-22(20)21(17)28/h4-5,7-8,13,17,20-22,26,28H,3,6,9-12,14H2,1-2H3,(H,24,29)/t17-,20+,21+,22+/m1/s1. The summed E-state index contributed by atoms with van der Waals surface area (Å²) in [7, 11) is 1.43. The molecule has 32 heavy (non-hydrogen) atoms. The molecule has 3 N–H and O–H groups in total. The van der Waals surface area contributed by atoms with Crippen molar-refractivity contribution in [2.24, 2.45) is 0 Å². The minimum absolute atomic E-state index is 0.101. The van der Waals surface area contributed by atoms with E-state index in [1.165, 1.54) is 12.0 Å². The maximum atomic E-state index is 13.0. The number of methoxy groups -OCH3 is 1. The number of nitrogens with one attached hydrogen (secondary N) is 1. The second kappa shape index (κ2) is 11.4. The van der Waals surface area contributed by atoms with Crippen LogP contribution in [0.5, 0.6) is 5.75 Å². The fraction of sp³-hybridized carbons (Fsp3) is 0.565. The van der Waals surface area contributed by atoms with Crippen molar-refractivity contribution < 1.29 is 34.0 Å². The number of amides is 2. The summed E-state index contributed by atoms with van der Waals surface area (Å²) in [4.78, 5) is 27.4. The average Bonchev–Trinajstić information content (AvgIpc) is 3.19. The molecule has 0 aromatic heterocycles. The Kier molecular flexibility index (Phi) is 8.63. The SMILES string of the molecule is CCOCCCN(C(=O)COC)[C@@H]1C=C(C(=O)NCCO)[C@@H]2c3ccccc3O[C@@H]2[C@H]1O. The Labute approximate surface area is 187 Å². The van der Waals surface area contributed by atoms with Crippen LogP contribution in [0, 0.1) is 0 Å². The van der Waals surface area contributed by atoms with Crippen molar-refractivity contribution in [2.45, 2.75) is 37.5 Å². The molecule has 1 aliphatic carbocycles. The zero-order valence-corrected chi connectivity index (χ0v) is 18.5. The second-order valence-electron chi connectivity index (χ2n) is 7.75. The third-order valence-corrected chi connectivity index (χ3v) is 5.72. The zero-order valence-electron chi connectivity index (χ0n) is 18.5. The first kappa shape index (κ1) is 24.2. The van der Waals surface area contributed by atoms with Crippen molar-refractivity contribution in [3.05, 3.63) is 41.5 Å². The fourth-order valence-corrected chi connectivity index (χ4v) is 4.32. The lowest BCUT2D eigenvalue weighted by atomic mass is 9.77.